The summed E-state index contributed by atoms with van der Waals surface area (Å²) in [4.78, 5) is 13.4. The van der Waals surface area contributed by atoms with Crippen LogP contribution in [-0.4, -0.2) is 54.2 Å². The number of aliphatic carboxylic acids is 1. The van der Waals surface area contributed by atoms with Crippen LogP contribution in [0.25, 0.3) is 0 Å². The number of hydrogen-bond acceptors (Lipinski definition) is 4. The zero-order chi connectivity index (χ0) is 13.0. The van der Waals surface area contributed by atoms with Crippen molar-refractivity contribution in [2.24, 2.45) is 11.7 Å². The Kier molecular flexibility index (Phi) is 4.97. The average Bonchev–Trinajstić information content (AvgIpc) is 2.82. The molecule has 2 rings (SSSR count). The average molecular weight is 255 g/mol. The van der Waals surface area contributed by atoms with Crippen molar-refractivity contribution in [3.8, 4) is 0 Å². The number of carbonyl (C=O) groups is 1. The van der Waals surface area contributed by atoms with Gasteiger partial charge in [0, 0.05) is 38.3 Å². The SMILES string of the molecule is NCCN1CC(NC2CCCC2)CC(C(=O)O)C1. The van der Waals surface area contributed by atoms with Gasteiger partial charge in [-0.05, 0) is 19.3 Å². The second kappa shape index (κ2) is 6.50. The van der Waals surface area contributed by atoms with E-state index in [4.69, 9.17) is 5.73 Å². The maximum Gasteiger partial charge on any atom is 0.307 e. The minimum absolute atomic E-state index is 0.246. The lowest BCUT2D eigenvalue weighted by Crippen LogP contribution is -2.53. The number of nitrogens with two attached hydrogens (primary N) is 1. The van der Waals surface area contributed by atoms with Gasteiger partial charge in [-0.15, -0.1) is 0 Å². The maximum absolute atomic E-state index is 11.2. The number of nitrogens with one attached hydrogen (secondary N) is 1. The summed E-state index contributed by atoms with van der Waals surface area (Å²) in [5.41, 5.74) is 5.58. The normalized spacial score (nSPS) is 30.7. The van der Waals surface area contributed by atoms with E-state index in [9.17, 15) is 9.90 Å². The van der Waals surface area contributed by atoms with Crippen LogP contribution in [0.4, 0.5) is 0 Å². The predicted octanol–water partition coefficient (Wildman–Crippen LogP) is 0.252. The number of carboxylic acids is 1. The highest BCUT2D eigenvalue weighted by Crippen LogP contribution is 2.22. The van der Waals surface area contributed by atoms with Gasteiger partial charge in [0.25, 0.3) is 0 Å². The van der Waals surface area contributed by atoms with Crippen LogP contribution < -0.4 is 11.1 Å². The number of rotatable bonds is 5. The smallest absolute Gasteiger partial charge is 0.307 e. The molecule has 1 saturated carbocycles. The Bertz CT molecular complexity index is 279. The molecule has 1 aliphatic heterocycles. The second-order valence-corrected chi connectivity index (χ2v) is 5.66. The molecule has 18 heavy (non-hydrogen) atoms. The molecule has 0 amide bonds. The first kappa shape index (κ1) is 13.8. The largest absolute Gasteiger partial charge is 0.481 e. The Morgan fingerprint density at radius 2 is 2.00 bits per heavy atom. The third-order valence-electron chi connectivity index (χ3n) is 4.15. The Morgan fingerprint density at radius 3 is 2.61 bits per heavy atom. The van der Waals surface area contributed by atoms with Crippen LogP contribution in [0.2, 0.25) is 0 Å². The Labute approximate surface area is 109 Å². The molecule has 0 aromatic heterocycles. The minimum Gasteiger partial charge on any atom is -0.481 e. The number of likely N-dealkylation sites (tertiary alicyclic amines) is 1. The summed E-state index contributed by atoms with van der Waals surface area (Å²) in [6.07, 6.45) is 5.85. The molecule has 5 heteroatoms. The predicted molar refractivity (Wildman–Crippen MR) is 70.4 cm³/mol. The van der Waals surface area contributed by atoms with Gasteiger partial charge in [-0.25, -0.2) is 0 Å². The van der Waals surface area contributed by atoms with Gasteiger partial charge in [-0.2, -0.15) is 0 Å². The van der Waals surface area contributed by atoms with E-state index in [-0.39, 0.29) is 5.92 Å². The van der Waals surface area contributed by atoms with E-state index in [0.717, 1.165) is 19.5 Å². The molecule has 2 fully saturated rings. The highest BCUT2D eigenvalue weighted by atomic mass is 16.4. The van der Waals surface area contributed by atoms with E-state index in [0.29, 0.717) is 25.2 Å². The standard InChI is InChI=1S/C13H25N3O2/c14-5-6-16-8-10(13(17)18)7-12(9-16)15-11-3-1-2-4-11/h10-12,15H,1-9,14H2,(H,17,18). The van der Waals surface area contributed by atoms with Gasteiger partial charge in [0.15, 0.2) is 0 Å². The van der Waals surface area contributed by atoms with Crippen LogP contribution in [-0.2, 0) is 4.79 Å². The summed E-state index contributed by atoms with van der Waals surface area (Å²) >= 11 is 0. The van der Waals surface area contributed by atoms with Crippen molar-refractivity contribution in [2.75, 3.05) is 26.2 Å². The van der Waals surface area contributed by atoms with Crippen LogP contribution in [0.1, 0.15) is 32.1 Å². The Morgan fingerprint density at radius 1 is 1.28 bits per heavy atom. The first-order valence-corrected chi connectivity index (χ1v) is 7.10. The molecule has 0 aromatic rings. The fraction of sp³-hybridized carbons (Fsp3) is 0.923. The third-order valence-corrected chi connectivity index (χ3v) is 4.15. The fourth-order valence-electron chi connectivity index (χ4n) is 3.28. The van der Waals surface area contributed by atoms with Crippen LogP contribution in [0.15, 0.2) is 0 Å². The molecule has 0 bridgehead atoms. The van der Waals surface area contributed by atoms with Crippen molar-refractivity contribution in [3.63, 3.8) is 0 Å². The number of carboxylic acid groups (broad SMARTS) is 1. The second-order valence-electron chi connectivity index (χ2n) is 5.66. The van der Waals surface area contributed by atoms with Crippen LogP contribution in [0.5, 0.6) is 0 Å². The molecule has 5 nitrogen and oxygen atoms in total. The van der Waals surface area contributed by atoms with E-state index in [1.807, 2.05) is 0 Å². The van der Waals surface area contributed by atoms with Crippen LogP contribution in [0.3, 0.4) is 0 Å². The molecule has 2 aliphatic rings. The lowest BCUT2D eigenvalue weighted by molar-refractivity contribution is -0.144. The Hall–Kier alpha value is -0.650. The van der Waals surface area contributed by atoms with Crippen molar-refractivity contribution in [3.05, 3.63) is 0 Å². The zero-order valence-electron chi connectivity index (χ0n) is 11.0. The molecule has 1 heterocycles. The van der Waals surface area contributed by atoms with Crippen molar-refractivity contribution in [1.29, 1.82) is 0 Å². The molecular formula is C13H25N3O2. The molecule has 1 saturated heterocycles. The zero-order valence-corrected chi connectivity index (χ0v) is 11.0. The van der Waals surface area contributed by atoms with Gasteiger partial charge in [0.2, 0.25) is 0 Å². The van der Waals surface area contributed by atoms with Crippen molar-refractivity contribution in [2.45, 2.75) is 44.2 Å². The molecule has 0 spiro atoms. The van der Waals surface area contributed by atoms with Gasteiger partial charge < -0.3 is 16.2 Å². The van der Waals surface area contributed by atoms with E-state index in [2.05, 4.69) is 10.2 Å². The van der Waals surface area contributed by atoms with Crippen molar-refractivity contribution in [1.82, 2.24) is 10.2 Å². The first-order chi connectivity index (χ1) is 8.69. The van der Waals surface area contributed by atoms with Gasteiger partial charge >= 0.3 is 5.97 Å². The van der Waals surface area contributed by atoms with Gasteiger partial charge in [0.05, 0.1) is 5.92 Å². The number of hydrogen-bond donors (Lipinski definition) is 3. The molecule has 1 aliphatic carbocycles. The highest BCUT2D eigenvalue weighted by Gasteiger charge is 2.32. The van der Waals surface area contributed by atoms with Gasteiger partial charge in [0.1, 0.15) is 0 Å². The molecule has 2 atom stereocenters. The molecule has 4 N–H and O–H groups in total. The number of nitrogens with zero attached hydrogens (tertiary/aromatic N) is 1. The topological polar surface area (TPSA) is 78.6 Å². The lowest BCUT2D eigenvalue weighted by atomic mass is 9.93. The lowest BCUT2D eigenvalue weighted by Gasteiger charge is -2.37. The fourth-order valence-corrected chi connectivity index (χ4v) is 3.28. The minimum atomic E-state index is -0.671. The van der Waals surface area contributed by atoms with Crippen LogP contribution in [0, 0.1) is 5.92 Å². The first-order valence-electron chi connectivity index (χ1n) is 7.10. The monoisotopic (exact) mass is 255 g/mol. The summed E-state index contributed by atoms with van der Waals surface area (Å²) in [6, 6.07) is 0.914. The molecule has 0 radical (unpaired) electrons. The highest BCUT2D eigenvalue weighted by molar-refractivity contribution is 5.70. The quantitative estimate of drug-likeness (QED) is 0.656. The summed E-state index contributed by atoms with van der Waals surface area (Å²) < 4.78 is 0. The summed E-state index contributed by atoms with van der Waals surface area (Å²) in [5, 5.41) is 12.9. The van der Waals surface area contributed by atoms with Gasteiger partial charge in [-0.3, -0.25) is 9.69 Å². The third kappa shape index (κ3) is 3.67. The summed E-state index contributed by atoms with van der Waals surface area (Å²) in [5.74, 6) is -0.917. The molecule has 104 valence electrons. The van der Waals surface area contributed by atoms with Crippen LogP contribution >= 0.6 is 0 Å². The van der Waals surface area contributed by atoms with E-state index in [1.165, 1.54) is 25.7 Å². The number of piperidine rings is 1. The molecule has 0 aromatic carbocycles. The summed E-state index contributed by atoms with van der Waals surface area (Å²) in [6.45, 7) is 2.99. The van der Waals surface area contributed by atoms with Gasteiger partial charge in [-0.1, -0.05) is 12.8 Å². The van der Waals surface area contributed by atoms with E-state index in [1.54, 1.807) is 0 Å². The van der Waals surface area contributed by atoms with E-state index >= 15 is 0 Å². The van der Waals surface area contributed by atoms with E-state index < -0.39 is 5.97 Å². The summed E-state index contributed by atoms with van der Waals surface area (Å²) in [7, 11) is 0. The molecule has 2 unspecified atom stereocenters. The van der Waals surface area contributed by atoms with Crippen molar-refractivity contribution >= 4 is 5.97 Å². The van der Waals surface area contributed by atoms with Crippen molar-refractivity contribution < 1.29 is 9.90 Å². The molecular weight excluding hydrogens is 230 g/mol. The maximum atomic E-state index is 11.2. The Balaban J connectivity index is 1.89.